The van der Waals surface area contributed by atoms with Gasteiger partial charge in [-0.3, -0.25) is 0 Å². The molecule has 13 heavy (non-hydrogen) atoms. The third-order valence-corrected chi connectivity index (χ3v) is 3.13. The maximum absolute atomic E-state index is 9.48. The number of hydrogen-bond donors (Lipinski definition) is 2. The molecule has 0 aromatic heterocycles. The molecule has 1 aliphatic rings. The van der Waals surface area contributed by atoms with Gasteiger partial charge < -0.3 is 15.2 Å². The van der Waals surface area contributed by atoms with Gasteiger partial charge in [-0.2, -0.15) is 0 Å². The highest BCUT2D eigenvalue weighted by atomic mass is 16.5. The van der Waals surface area contributed by atoms with Gasteiger partial charge in [-0.1, -0.05) is 13.8 Å². The van der Waals surface area contributed by atoms with Gasteiger partial charge in [-0.25, -0.2) is 0 Å². The van der Waals surface area contributed by atoms with Crippen LogP contribution in [0.2, 0.25) is 0 Å². The molecular formula is C10H21NO2. The maximum atomic E-state index is 9.48. The van der Waals surface area contributed by atoms with Crippen LogP contribution in [0.4, 0.5) is 0 Å². The normalized spacial score (nSPS) is 31.4. The predicted molar refractivity (Wildman–Crippen MR) is 52.7 cm³/mol. The van der Waals surface area contributed by atoms with Gasteiger partial charge in [-0.15, -0.1) is 0 Å². The molecule has 0 amide bonds. The standard InChI is InChI=1S/C10H21NO2/c1-10(2)8(7-9(10)12)11-5-4-6-13-3/h8-9,11-12H,4-7H2,1-3H3. The van der Waals surface area contributed by atoms with E-state index in [-0.39, 0.29) is 11.5 Å². The summed E-state index contributed by atoms with van der Waals surface area (Å²) >= 11 is 0. The first-order valence-corrected chi connectivity index (χ1v) is 4.99. The lowest BCUT2D eigenvalue weighted by molar-refractivity contribution is -0.0725. The molecule has 0 bridgehead atoms. The molecule has 0 heterocycles. The largest absolute Gasteiger partial charge is 0.392 e. The van der Waals surface area contributed by atoms with Crippen LogP contribution < -0.4 is 5.32 Å². The van der Waals surface area contributed by atoms with Crippen molar-refractivity contribution in [3.8, 4) is 0 Å². The molecule has 2 atom stereocenters. The van der Waals surface area contributed by atoms with Crippen molar-refractivity contribution in [1.29, 1.82) is 0 Å². The highest BCUT2D eigenvalue weighted by molar-refractivity contribution is 5.01. The second-order valence-corrected chi connectivity index (χ2v) is 4.43. The molecule has 2 N–H and O–H groups in total. The van der Waals surface area contributed by atoms with Crippen molar-refractivity contribution in [2.75, 3.05) is 20.3 Å². The Hall–Kier alpha value is -0.120. The quantitative estimate of drug-likeness (QED) is 0.625. The molecule has 0 aromatic rings. The zero-order valence-electron chi connectivity index (χ0n) is 8.84. The molecule has 78 valence electrons. The Morgan fingerprint density at radius 3 is 2.69 bits per heavy atom. The lowest BCUT2D eigenvalue weighted by atomic mass is 9.64. The summed E-state index contributed by atoms with van der Waals surface area (Å²) in [4.78, 5) is 0. The smallest absolute Gasteiger partial charge is 0.0621 e. The van der Waals surface area contributed by atoms with Crippen molar-refractivity contribution in [3.05, 3.63) is 0 Å². The van der Waals surface area contributed by atoms with Crippen molar-refractivity contribution >= 4 is 0 Å². The summed E-state index contributed by atoms with van der Waals surface area (Å²) in [5.74, 6) is 0. The minimum Gasteiger partial charge on any atom is -0.392 e. The highest BCUT2D eigenvalue weighted by Gasteiger charge is 2.46. The van der Waals surface area contributed by atoms with Crippen LogP contribution in [0.3, 0.4) is 0 Å². The number of methoxy groups -OCH3 is 1. The van der Waals surface area contributed by atoms with Crippen LogP contribution in [-0.4, -0.2) is 37.5 Å². The van der Waals surface area contributed by atoms with E-state index in [2.05, 4.69) is 19.2 Å². The number of ether oxygens (including phenoxy) is 1. The monoisotopic (exact) mass is 187 g/mol. The molecule has 1 rings (SSSR count). The minimum atomic E-state index is -0.132. The summed E-state index contributed by atoms with van der Waals surface area (Å²) < 4.78 is 4.96. The van der Waals surface area contributed by atoms with Gasteiger partial charge in [0.2, 0.25) is 0 Å². The first-order chi connectivity index (χ1) is 6.09. The van der Waals surface area contributed by atoms with Crippen molar-refractivity contribution in [1.82, 2.24) is 5.32 Å². The topological polar surface area (TPSA) is 41.5 Å². The van der Waals surface area contributed by atoms with Gasteiger partial charge in [0, 0.05) is 25.2 Å². The van der Waals surface area contributed by atoms with E-state index in [1.54, 1.807) is 7.11 Å². The van der Waals surface area contributed by atoms with E-state index < -0.39 is 0 Å². The van der Waals surface area contributed by atoms with Crippen LogP contribution >= 0.6 is 0 Å². The van der Waals surface area contributed by atoms with Gasteiger partial charge in [-0.05, 0) is 19.4 Å². The number of hydrogen-bond acceptors (Lipinski definition) is 3. The zero-order chi connectivity index (χ0) is 9.90. The van der Waals surface area contributed by atoms with Gasteiger partial charge in [0.25, 0.3) is 0 Å². The lowest BCUT2D eigenvalue weighted by Gasteiger charge is -2.49. The van der Waals surface area contributed by atoms with Gasteiger partial charge in [0.15, 0.2) is 0 Å². The third-order valence-electron chi connectivity index (χ3n) is 3.13. The summed E-state index contributed by atoms with van der Waals surface area (Å²) in [6.07, 6.45) is 1.80. The molecule has 0 spiro atoms. The lowest BCUT2D eigenvalue weighted by Crippen LogP contribution is -2.60. The van der Waals surface area contributed by atoms with E-state index in [9.17, 15) is 5.11 Å². The Morgan fingerprint density at radius 2 is 2.23 bits per heavy atom. The second kappa shape index (κ2) is 4.40. The molecule has 2 unspecified atom stereocenters. The van der Waals surface area contributed by atoms with Crippen LogP contribution in [-0.2, 0) is 4.74 Å². The third kappa shape index (κ3) is 2.42. The van der Waals surface area contributed by atoms with Crippen molar-refractivity contribution in [2.24, 2.45) is 5.41 Å². The SMILES string of the molecule is COCCCNC1CC(O)C1(C)C. The maximum Gasteiger partial charge on any atom is 0.0621 e. The van der Waals surface area contributed by atoms with Gasteiger partial charge in [0.05, 0.1) is 6.10 Å². The molecular weight excluding hydrogens is 166 g/mol. The average Bonchev–Trinajstić information content (AvgIpc) is 2.10. The number of aliphatic hydroxyl groups excluding tert-OH is 1. The molecule has 1 saturated carbocycles. The van der Waals surface area contributed by atoms with E-state index in [4.69, 9.17) is 4.74 Å². The fraction of sp³-hybridized carbons (Fsp3) is 1.00. The summed E-state index contributed by atoms with van der Waals surface area (Å²) in [6.45, 7) is 6.00. The summed E-state index contributed by atoms with van der Waals surface area (Å²) in [7, 11) is 1.72. The van der Waals surface area contributed by atoms with Crippen LogP contribution in [0.1, 0.15) is 26.7 Å². The zero-order valence-corrected chi connectivity index (χ0v) is 8.84. The van der Waals surface area contributed by atoms with Crippen molar-refractivity contribution in [2.45, 2.75) is 38.8 Å². The Morgan fingerprint density at radius 1 is 1.54 bits per heavy atom. The van der Waals surface area contributed by atoms with Crippen molar-refractivity contribution in [3.63, 3.8) is 0 Å². The minimum absolute atomic E-state index is 0.0487. The summed E-state index contributed by atoms with van der Waals surface area (Å²) in [5, 5.41) is 12.9. The number of aliphatic hydroxyl groups is 1. The molecule has 0 saturated heterocycles. The van der Waals surface area contributed by atoms with Crippen LogP contribution in [0.15, 0.2) is 0 Å². The molecule has 0 aromatic carbocycles. The highest BCUT2D eigenvalue weighted by Crippen LogP contribution is 2.40. The molecule has 1 fully saturated rings. The van der Waals surface area contributed by atoms with E-state index in [1.165, 1.54) is 0 Å². The van der Waals surface area contributed by atoms with Crippen LogP contribution in [0.25, 0.3) is 0 Å². The Bertz CT molecular complexity index is 159. The molecule has 3 heteroatoms. The fourth-order valence-corrected chi connectivity index (χ4v) is 1.74. The first-order valence-electron chi connectivity index (χ1n) is 4.99. The molecule has 0 aliphatic heterocycles. The predicted octanol–water partition coefficient (Wildman–Crippen LogP) is 0.772. The van der Waals surface area contributed by atoms with Gasteiger partial charge in [0.1, 0.15) is 0 Å². The van der Waals surface area contributed by atoms with Gasteiger partial charge >= 0.3 is 0 Å². The van der Waals surface area contributed by atoms with Crippen molar-refractivity contribution < 1.29 is 9.84 Å². The number of rotatable bonds is 5. The Balaban J connectivity index is 2.10. The Kier molecular flexibility index (Phi) is 3.71. The average molecular weight is 187 g/mol. The number of nitrogens with one attached hydrogen (secondary N) is 1. The first kappa shape index (κ1) is 11.0. The van der Waals surface area contributed by atoms with E-state index in [0.29, 0.717) is 6.04 Å². The van der Waals surface area contributed by atoms with E-state index in [1.807, 2.05) is 0 Å². The molecule has 0 radical (unpaired) electrons. The summed E-state index contributed by atoms with van der Waals surface area (Å²) in [6, 6.07) is 0.472. The second-order valence-electron chi connectivity index (χ2n) is 4.43. The van der Waals surface area contributed by atoms with E-state index >= 15 is 0 Å². The summed E-state index contributed by atoms with van der Waals surface area (Å²) in [5.41, 5.74) is 0.0487. The molecule has 3 nitrogen and oxygen atoms in total. The van der Waals surface area contributed by atoms with E-state index in [0.717, 1.165) is 26.0 Å². The Labute approximate surface area is 80.5 Å². The fourth-order valence-electron chi connectivity index (χ4n) is 1.74. The van der Waals surface area contributed by atoms with Crippen LogP contribution in [0.5, 0.6) is 0 Å². The van der Waals surface area contributed by atoms with Crippen LogP contribution in [0, 0.1) is 5.41 Å². The molecule has 1 aliphatic carbocycles.